The molecule has 1 unspecified atom stereocenters. The Kier molecular flexibility index (Phi) is 7.24. The van der Waals surface area contributed by atoms with Crippen molar-refractivity contribution < 1.29 is 5.11 Å². The zero-order chi connectivity index (χ0) is 12.7. The number of hydrogen-bond acceptors (Lipinski definition) is 2. The van der Waals surface area contributed by atoms with E-state index >= 15 is 0 Å². The van der Waals surface area contributed by atoms with Crippen molar-refractivity contribution >= 4 is 27.7 Å². The van der Waals surface area contributed by atoms with Gasteiger partial charge in [0.05, 0.1) is 6.10 Å². The van der Waals surface area contributed by atoms with Crippen molar-refractivity contribution in [2.24, 2.45) is 5.92 Å². The molecule has 0 aromatic heterocycles. The fourth-order valence-corrected chi connectivity index (χ4v) is 3.28. The van der Waals surface area contributed by atoms with Gasteiger partial charge >= 0.3 is 0 Å². The highest BCUT2D eigenvalue weighted by molar-refractivity contribution is 9.10. The predicted molar refractivity (Wildman–Crippen MR) is 79.6 cm³/mol. The fraction of sp³-hybridized carbons (Fsp3) is 0.571. The molecule has 1 nitrogen and oxygen atoms in total. The summed E-state index contributed by atoms with van der Waals surface area (Å²) in [6, 6.07) is 8.22. The van der Waals surface area contributed by atoms with E-state index in [0.29, 0.717) is 5.92 Å². The first-order valence-corrected chi connectivity index (χ1v) is 8.00. The van der Waals surface area contributed by atoms with E-state index in [-0.39, 0.29) is 6.10 Å². The Bertz CT molecular complexity index is 326. The molecule has 1 atom stereocenters. The second-order valence-electron chi connectivity index (χ2n) is 4.34. The maximum absolute atomic E-state index is 9.98. The summed E-state index contributed by atoms with van der Waals surface area (Å²) in [5.74, 6) is 1.44. The molecule has 3 heteroatoms. The molecule has 0 amide bonds. The van der Waals surface area contributed by atoms with Crippen molar-refractivity contribution in [2.75, 3.05) is 5.75 Å². The lowest BCUT2D eigenvalue weighted by Gasteiger charge is -2.17. The lowest BCUT2D eigenvalue weighted by atomic mass is 9.97. The molecule has 96 valence electrons. The van der Waals surface area contributed by atoms with Crippen LogP contribution in [-0.2, 0) is 0 Å². The molecule has 1 aromatic carbocycles. The van der Waals surface area contributed by atoms with E-state index in [1.807, 2.05) is 12.1 Å². The van der Waals surface area contributed by atoms with Crippen LogP contribution in [0.2, 0.25) is 0 Å². The van der Waals surface area contributed by atoms with Crippen LogP contribution in [-0.4, -0.2) is 17.0 Å². The Balaban J connectivity index is 2.35. The van der Waals surface area contributed by atoms with Gasteiger partial charge in [-0.1, -0.05) is 48.7 Å². The highest BCUT2D eigenvalue weighted by Crippen LogP contribution is 2.24. The molecule has 0 saturated carbocycles. The van der Waals surface area contributed by atoms with E-state index < -0.39 is 0 Å². The number of hydrogen-bond donors (Lipinski definition) is 1. The molecule has 1 aromatic rings. The molecule has 17 heavy (non-hydrogen) atoms. The van der Waals surface area contributed by atoms with Gasteiger partial charge in [-0.3, -0.25) is 0 Å². The van der Waals surface area contributed by atoms with Gasteiger partial charge < -0.3 is 5.11 Å². The maximum Gasteiger partial charge on any atom is 0.0636 e. The Morgan fingerprint density at radius 3 is 2.59 bits per heavy atom. The van der Waals surface area contributed by atoms with Gasteiger partial charge in [0.15, 0.2) is 0 Å². The normalized spacial score (nSPS) is 13.0. The second-order valence-corrected chi connectivity index (χ2v) is 6.35. The van der Waals surface area contributed by atoms with Crippen molar-refractivity contribution in [1.29, 1.82) is 0 Å². The van der Waals surface area contributed by atoms with Crippen LogP contribution in [0.25, 0.3) is 0 Å². The summed E-state index contributed by atoms with van der Waals surface area (Å²) in [4.78, 5) is 1.21. The van der Waals surface area contributed by atoms with Crippen LogP contribution in [0.4, 0.5) is 0 Å². The average molecular weight is 317 g/mol. The summed E-state index contributed by atoms with van der Waals surface area (Å²) in [7, 11) is 0. The Labute approximate surface area is 117 Å². The molecule has 0 aliphatic carbocycles. The number of thioether (sulfide) groups is 1. The zero-order valence-electron chi connectivity index (χ0n) is 10.5. The number of rotatable bonds is 7. The largest absolute Gasteiger partial charge is 0.392 e. The molecule has 0 aliphatic heterocycles. The summed E-state index contributed by atoms with van der Waals surface area (Å²) in [6.07, 6.45) is 3.06. The van der Waals surface area contributed by atoms with Crippen molar-refractivity contribution in [3.8, 4) is 0 Å². The van der Waals surface area contributed by atoms with Crippen LogP contribution in [0.15, 0.2) is 33.6 Å². The van der Waals surface area contributed by atoms with Gasteiger partial charge in [-0.2, -0.15) is 0 Å². The molecule has 0 spiro atoms. The van der Waals surface area contributed by atoms with Crippen molar-refractivity contribution in [3.63, 3.8) is 0 Å². The lowest BCUT2D eigenvalue weighted by molar-refractivity contribution is 0.161. The third-order valence-corrected chi connectivity index (χ3v) is 4.63. The van der Waals surface area contributed by atoms with Gasteiger partial charge in [-0.15, -0.1) is 11.8 Å². The molecule has 0 saturated heterocycles. The lowest BCUT2D eigenvalue weighted by Crippen LogP contribution is -2.15. The SMILES string of the molecule is CCC(CC)CC(O)CSc1cccc(Br)c1. The zero-order valence-corrected chi connectivity index (χ0v) is 12.9. The predicted octanol–water partition coefficient (Wildman–Crippen LogP) is 4.73. The van der Waals surface area contributed by atoms with Gasteiger partial charge in [-0.25, -0.2) is 0 Å². The van der Waals surface area contributed by atoms with Crippen LogP contribution in [0.5, 0.6) is 0 Å². The van der Waals surface area contributed by atoms with E-state index in [2.05, 4.69) is 41.9 Å². The van der Waals surface area contributed by atoms with E-state index in [1.54, 1.807) is 11.8 Å². The molecule has 1 N–H and O–H groups in total. The molecule has 0 radical (unpaired) electrons. The first-order chi connectivity index (χ1) is 8.15. The van der Waals surface area contributed by atoms with E-state index in [0.717, 1.165) is 29.5 Å². The van der Waals surface area contributed by atoms with Crippen molar-refractivity contribution in [3.05, 3.63) is 28.7 Å². The first-order valence-electron chi connectivity index (χ1n) is 6.22. The minimum absolute atomic E-state index is 0.191. The van der Waals surface area contributed by atoms with E-state index in [4.69, 9.17) is 0 Å². The number of halogens is 1. The second kappa shape index (κ2) is 8.17. The van der Waals surface area contributed by atoms with Crippen LogP contribution < -0.4 is 0 Å². The third kappa shape index (κ3) is 5.94. The van der Waals surface area contributed by atoms with Gasteiger partial charge in [0, 0.05) is 15.1 Å². The Morgan fingerprint density at radius 2 is 2.00 bits per heavy atom. The van der Waals surface area contributed by atoms with Gasteiger partial charge in [-0.05, 0) is 30.5 Å². The van der Waals surface area contributed by atoms with Crippen molar-refractivity contribution in [2.45, 2.75) is 44.1 Å². The van der Waals surface area contributed by atoms with Crippen LogP contribution in [0.1, 0.15) is 33.1 Å². The molecular formula is C14H21BrOS. The molecule has 0 fully saturated rings. The summed E-state index contributed by atoms with van der Waals surface area (Å²) in [5.41, 5.74) is 0. The first kappa shape index (κ1) is 15.1. The summed E-state index contributed by atoms with van der Waals surface area (Å²) < 4.78 is 1.09. The number of aliphatic hydroxyl groups is 1. The third-order valence-electron chi connectivity index (χ3n) is 3.00. The minimum atomic E-state index is -0.191. The molecule has 0 bridgehead atoms. The maximum atomic E-state index is 9.98. The molecule has 0 aliphatic rings. The summed E-state index contributed by atoms with van der Waals surface area (Å²) >= 11 is 5.18. The molecular weight excluding hydrogens is 296 g/mol. The van der Waals surface area contributed by atoms with Gasteiger partial charge in [0.1, 0.15) is 0 Å². The molecule has 1 rings (SSSR count). The summed E-state index contributed by atoms with van der Waals surface area (Å²) in [5, 5.41) is 9.98. The highest BCUT2D eigenvalue weighted by atomic mass is 79.9. The monoisotopic (exact) mass is 316 g/mol. The van der Waals surface area contributed by atoms with Crippen molar-refractivity contribution in [1.82, 2.24) is 0 Å². The average Bonchev–Trinajstić information content (AvgIpc) is 2.33. The Morgan fingerprint density at radius 1 is 1.29 bits per heavy atom. The standard InChI is InChI=1S/C14H21BrOS/c1-3-11(4-2)8-13(16)10-17-14-7-5-6-12(15)9-14/h5-7,9,11,13,16H,3-4,8,10H2,1-2H3. The highest BCUT2D eigenvalue weighted by Gasteiger charge is 2.11. The number of benzene rings is 1. The van der Waals surface area contributed by atoms with Gasteiger partial charge in [0.25, 0.3) is 0 Å². The topological polar surface area (TPSA) is 20.2 Å². The van der Waals surface area contributed by atoms with Crippen LogP contribution in [0.3, 0.4) is 0 Å². The van der Waals surface area contributed by atoms with Gasteiger partial charge in [0.2, 0.25) is 0 Å². The van der Waals surface area contributed by atoms with E-state index in [1.165, 1.54) is 4.90 Å². The minimum Gasteiger partial charge on any atom is -0.392 e. The molecule has 0 heterocycles. The fourth-order valence-electron chi connectivity index (χ4n) is 1.82. The number of aliphatic hydroxyl groups excluding tert-OH is 1. The smallest absolute Gasteiger partial charge is 0.0636 e. The Hall–Kier alpha value is 0.01000. The van der Waals surface area contributed by atoms with Crippen LogP contribution >= 0.6 is 27.7 Å². The van der Waals surface area contributed by atoms with E-state index in [9.17, 15) is 5.11 Å². The van der Waals surface area contributed by atoms with Crippen LogP contribution in [0, 0.1) is 5.92 Å². The quantitative estimate of drug-likeness (QED) is 0.734. The summed E-state index contributed by atoms with van der Waals surface area (Å²) in [6.45, 7) is 4.39.